The van der Waals surface area contributed by atoms with Gasteiger partial charge in [0.05, 0.1) is 5.60 Å². The molecule has 2 atom stereocenters. The Hall–Kier alpha value is -2.45. The van der Waals surface area contributed by atoms with Crippen molar-refractivity contribution in [3.8, 4) is 0 Å². The summed E-state index contributed by atoms with van der Waals surface area (Å²) in [6.45, 7) is 2.20. The molecule has 0 saturated carbocycles. The molecule has 0 spiro atoms. The van der Waals surface area contributed by atoms with Gasteiger partial charge in [-0.3, -0.25) is 9.69 Å². The zero-order valence-corrected chi connectivity index (χ0v) is 16.2. The second-order valence-electron chi connectivity index (χ2n) is 7.47. The molecular formula is C19H21ClN4O4. The highest BCUT2D eigenvalue weighted by Crippen LogP contribution is 2.28. The van der Waals surface area contributed by atoms with Gasteiger partial charge in [-0.05, 0) is 43.9 Å². The molecule has 2 aliphatic rings. The smallest absolute Gasteiger partial charge is 0.327 e. The molecule has 9 heteroatoms. The third kappa shape index (κ3) is 3.49. The van der Waals surface area contributed by atoms with E-state index in [1.807, 2.05) is 0 Å². The molecule has 0 bridgehead atoms. The average molecular weight is 405 g/mol. The predicted octanol–water partition coefficient (Wildman–Crippen LogP) is 2.49. The van der Waals surface area contributed by atoms with Gasteiger partial charge in [0.15, 0.2) is 5.82 Å². The van der Waals surface area contributed by atoms with Gasteiger partial charge in [0, 0.05) is 18.0 Å². The minimum Gasteiger partial charge on any atom is -0.385 e. The third-order valence-electron chi connectivity index (χ3n) is 5.30. The molecule has 0 radical (unpaired) electrons. The number of urea groups is 1. The number of hydrogen-bond acceptors (Lipinski definition) is 6. The number of carbonyl (C=O) groups is 2. The second-order valence-corrected chi connectivity index (χ2v) is 7.91. The Kier molecular flexibility index (Phi) is 4.84. The summed E-state index contributed by atoms with van der Waals surface area (Å²) in [7, 11) is 0. The van der Waals surface area contributed by atoms with Crippen LogP contribution in [0.15, 0.2) is 28.8 Å². The average Bonchev–Trinajstić information content (AvgIpc) is 3.20. The highest BCUT2D eigenvalue weighted by molar-refractivity contribution is 6.30. The topological polar surface area (TPSA) is 99.8 Å². The van der Waals surface area contributed by atoms with E-state index in [1.54, 1.807) is 36.1 Å². The van der Waals surface area contributed by atoms with Gasteiger partial charge in [0.1, 0.15) is 12.6 Å². The van der Waals surface area contributed by atoms with Gasteiger partial charge < -0.3 is 14.5 Å². The molecule has 3 amide bonds. The first-order valence-electron chi connectivity index (χ1n) is 9.27. The van der Waals surface area contributed by atoms with E-state index < -0.39 is 5.60 Å². The second kappa shape index (κ2) is 7.18. The zero-order valence-electron chi connectivity index (χ0n) is 15.5. The van der Waals surface area contributed by atoms with Crippen molar-refractivity contribution >= 4 is 23.5 Å². The minimum absolute atomic E-state index is 0.0548. The number of aliphatic hydroxyl groups is 1. The summed E-state index contributed by atoms with van der Waals surface area (Å²) in [4.78, 5) is 32.1. The predicted molar refractivity (Wildman–Crippen MR) is 99.3 cm³/mol. The number of hydrogen-bond donors (Lipinski definition) is 1. The van der Waals surface area contributed by atoms with E-state index in [0.717, 1.165) is 12.8 Å². The Labute approximate surface area is 167 Å². The first-order chi connectivity index (χ1) is 13.3. The molecule has 1 aromatic heterocycles. The molecule has 2 fully saturated rings. The summed E-state index contributed by atoms with van der Waals surface area (Å²) in [5.74, 6) is 0.257. The van der Waals surface area contributed by atoms with Crippen molar-refractivity contribution in [3.05, 3.63) is 46.6 Å². The van der Waals surface area contributed by atoms with Crippen molar-refractivity contribution in [1.29, 1.82) is 0 Å². The van der Waals surface area contributed by atoms with E-state index >= 15 is 0 Å². The lowest BCUT2D eigenvalue weighted by Gasteiger charge is -2.25. The fourth-order valence-corrected chi connectivity index (χ4v) is 3.90. The molecule has 4 rings (SSSR count). The van der Waals surface area contributed by atoms with E-state index in [4.69, 9.17) is 16.1 Å². The lowest BCUT2D eigenvalue weighted by Crippen LogP contribution is -2.38. The van der Waals surface area contributed by atoms with E-state index in [0.29, 0.717) is 29.4 Å². The van der Waals surface area contributed by atoms with E-state index in [1.165, 1.54) is 4.90 Å². The highest BCUT2D eigenvalue weighted by atomic mass is 35.5. The summed E-state index contributed by atoms with van der Waals surface area (Å²) < 4.78 is 5.22. The largest absolute Gasteiger partial charge is 0.385 e. The number of piperidine rings is 1. The molecule has 28 heavy (non-hydrogen) atoms. The van der Waals surface area contributed by atoms with Crippen LogP contribution < -0.4 is 0 Å². The number of aromatic nitrogens is 2. The SMILES string of the molecule is C[C@@](O)(Cc1noc(CN2C(=O)C3CCCCN3C2=O)n1)c1ccc(Cl)cc1. The maximum Gasteiger partial charge on any atom is 0.327 e. The normalized spacial score (nSPS) is 21.8. The van der Waals surface area contributed by atoms with Crippen molar-refractivity contribution in [2.75, 3.05) is 6.54 Å². The highest BCUT2D eigenvalue weighted by Gasteiger charge is 2.46. The Morgan fingerprint density at radius 2 is 2.04 bits per heavy atom. The number of carbonyl (C=O) groups excluding carboxylic acids is 2. The van der Waals surface area contributed by atoms with Crippen LogP contribution in [0, 0.1) is 0 Å². The Bertz CT molecular complexity index is 872. The number of amides is 3. The van der Waals surface area contributed by atoms with Crippen molar-refractivity contribution in [2.45, 2.75) is 50.8 Å². The molecule has 1 unspecified atom stereocenters. The van der Waals surface area contributed by atoms with Crippen LogP contribution in [-0.2, 0) is 23.4 Å². The van der Waals surface area contributed by atoms with Gasteiger partial charge in [-0.25, -0.2) is 4.79 Å². The third-order valence-corrected chi connectivity index (χ3v) is 5.55. The van der Waals surface area contributed by atoms with Gasteiger partial charge in [-0.1, -0.05) is 28.9 Å². The van der Waals surface area contributed by atoms with Crippen LogP contribution in [-0.4, -0.2) is 49.6 Å². The maximum absolute atomic E-state index is 12.5. The lowest BCUT2D eigenvalue weighted by molar-refractivity contribution is -0.129. The number of halogens is 1. The molecule has 1 aromatic carbocycles. The van der Waals surface area contributed by atoms with E-state index in [9.17, 15) is 14.7 Å². The molecule has 2 aromatic rings. The van der Waals surface area contributed by atoms with Crippen LogP contribution in [0.5, 0.6) is 0 Å². The number of imide groups is 1. The Morgan fingerprint density at radius 3 is 2.75 bits per heavy atom. The van der Waals surface area contributed by atoms with Crippen LogP contribution in [0.3, 0.4) is 0 Å². The van der Waals surface area contributed by atoms with E-state index in [-0.39, 0.29) is 36.8 Å². The molecule has 2 aliphatic heterocycles. The van der Waals surface area contributed by atoms with Crippen molar-refractivity contribution in [1.82, 2.24) is 19.9 Å². The number of fused-ring (bicyclic) bond motifs is 1. The number of benzene rings is 1. The van der Waals surface area contributed by atoms with Gasteiger partial charge in [0.25, 0.3) is 5.91 Å². The van der Waals surface area contributed by atoms with E-state index in [2.05, 4.69) is 10.1 Å². The van der Waals surface area contributed by atoms with Crippen LogP contribution in [0.25, 0.3) is 0 Å². The first-order valence-corrected chi connectivity index (χ1v) is 9.65. The first kappa shape index (κ1) is 18.9. The molecule has 0 aliphatic carbocycles. The molecule has 1 N–H and O–H groups in total. The standard InChI is InChI=1S/C19H21ClN4O4/c1-19(27,12-5-7-13(20)8-6-12)10-15-21-16(28-22-15)11-24-17(25)14-4-2-3-9-23(14)18(24)26/h5-8,14,27H,2-4,9-11H2,1H3/t14?,19-/m1/s1. The van der Waals surface area contributed by atoms with Gasteiger partial charge >= 0.3 is 6.03 Å². The van der Waals surface area contributed by atoms with Crippen LogP contribution in [0.1, 0.15) is 43.5 Å². The molecular weight excluding hydrogens is 384 g/mol. The fraction of sp³-hybridized carbons (Fsp3) is 0.474. The summed E-state index contributed by atoms with van der Waals surface area (Å²) in [6, 6.07) is 6.21. The van der Waals surface area contributed by atoms with Crippen LogP contribution in [0.4, 0.5) is 4.79 Å². The van der Waals surface area contributed by atoms with Crippen LogP contribution in [0.2, 0.25) is 5.02 Å². The van der Waals surface area contributed by atoms with Crippen molar-refractivity contribution < 1.29 is 19.2 Å². The van der Waals surface area contributed by atoms with Gasteiger partial charge in [-0.2, -0.15) is 4.98 Å². The molecule has 148 valence electrons. The van der Waals surface area contributed by atoms with Crippen LogP contribution >= 0.6 is 11.6 Å². The van der Waals surface area contributed by atoms with Crippen molar-refractivity contribution in [3.63, 3.8) is 0 Å². The lowest BCUT2D eigenvalue weighted by atomic mass is 9.92. The number of nitrogens with zero attached hydrogens (tertiary/aromatic N) is 4. The molecule has 2 saturated heterocycles. The summed E-state index contributed by atoms with van der Waals surface area (Å²) in [5, 5.41) is 15.2. The summed E-state index contributed by atoms with van der Waals surface area (Å²) >= 11 is 5.89. The Balaban J connectivity index is 1.45. The van der Waals surface area contributed by atoms with Crippen molar-refractivity contribution in [2.24, 2.45) is 0 Å². The minimum atomic E-state index is -1.22. The van der Waals surface area contributed by atoms with Gasteiger partial charge in [0.2, 0.25) is 5.89 Å². The van der Waals surface area contributed by atoms with Gasteiger partial charge in [-0.15, -0.1) is 0 Å². The summed E-state index contributed by atoms with van der Waals surface area (Å²) in [5.41, 5.74) is -0.545. The zero-order chi connectivity index (χ0) is 19.9. The molecule has 8 nitrogen and oxygen atoms in total. The monoisotopic (exact) mass is 404 g/mol. The fourth-order valence-electron chi connectivity index (χ4n) is 3.77. The molecule has 3 heterocycles. The Morgan fingerprint density at radius 1 is 1.29 bits per heavy atom. The number of rotatable bonds is 5. The maximum atomic E-state index is 12.5. The quantitative estimate of drug-likeness (QED) is 0.768. The summed E-state index contributed by atoms with van der Waals surface area (Å²) in [6.07, 6.45) is 2.67.